The standard InChI is InChI=1S/C16H21N3O2/c1-10(2)16-18-15(19-21-16)9-20-12-6-7-13-11(8-12)4-3-5-14(13)17/h6-8,10,14H,3-5,9,17H2,1-2H3. The van der Waals surface area contributed by atoms with Crippen molar-refractivity contribution < 1.29 is 9.26 Å². The van der Waals surface area contributed by atoms with Gasteiger partial charge in [0.25, 0.3) is 0 Å². The van der Waals surface area contributed by atoms with Crippen molar-refractivity contribution in [3.05, 3.63) is 41.0 Å². The van der Waals surface area contributed by atoms with Gasteiger partial charge in [0.2, 0.25) is 11.7 Å². The van der Waals surface area contributed by atoms with E-state index in [4.69, 9.17) is 15.0 Å². The average molecular weight is 287 g/mol. The van der Waals surface area contributed by atoms with E-state index in [0.29, 0.717) is 18.3 Å². The number of fused-ring (bicyclic) bond motifs is 1. The van der Waals surface area contributed by atoms with Crippen molar-refractivity contribution in [1.82, 2.24) is 10.1 Å². The van der Waals surface area contributed by atoms with Crippen LogP contribution >= 0.6 is 0 Å². The number of nitrogens with zero attached hydrogens (tertiary/aromatic N) is 2. The Morgan fingerprint density at radius 1 is 1.43 bits per heavy atom. The van der Waals surface area contributed by atoms with Crippen LogP contribution < -0.4 is 10.5 Å². The van der Waals surface area contributed by atoms with Crippen molar-refractivity contribution in [1.29, 1.82) is 0 Å². The van der Waals surface area contributed by atoms with Gasteiger partial charge in [0.15, 0.2) is 6.61 Å². The molecule has 0 amide bonds. The topological polar surface area (TPSA) is 74.2 Å². The number of hydrogen-bond donors (Lipinski definition) is 1. The number of ether oxygens (including phenoxy) is 1. The average Bonchev–Trinajstić information content (AvgIpc) is 2.94. The lowest BCUT2D eigenvalue weighted by Gasteiger charge is -2.22. The first-order valence-electron chi connectivity index (χ1n) is 7.47. The molecule has 5 nitrogen and oxygen atoms in total. The van der Waals surface area contributed by atoms with Gasteiger partial charge in [-0.15, -0.1) is 0 Å². The minimum absolute atomic E-state index is 0.161. The van der Waals surface area contributed by atoms with Gasteiger partial charge in [-0.05, 0) is 42.5 Å². The van der Waals surface area contributed by atoms with Crippen LogP contribution in [0.1, 0.15) is 61.5 Å². The molecule has 1 unspecified atom stereocenters. The minimum atomic E-state index is 0.161. The summed E-state index contributed by atoms with van der Waals surface area (Å²) in [6, 6.07) is 6.28. The first-order chi connectivity index (χ1) is 10.1. The van der Waals surface area contributed by atoms with Gasteiger partial charge in [0.05, 0.1) is 0 Å². The van der Waals surface area contributed by atoms with Gasteiger partial charge in [-0.3, -0.25) is 0 Å². The fraction of sp³-hybridized carbons (Fsp3) is 0.500. The van der Waals surface area contributed by atoms with E-state index in [2.05, 4.69) is 22.3 Å². The molecule has 1 atom stereocenters. The molecule has 2 aromatic rings. The third kappa shape index (κ3) is 3.08. The Bertz CT molecular complexity index is 622. The fourth-order valence-electron chi connectivity index (χ4n) is 2.63. The van der Waals surface area contributed by atoms with Gasteiger partial charge in [-0.1, -0.05) is 25.1 Å². The molecule has 0 saturated heterocycles. The van der Waals surface area contributed by atoms with E-state index in [1.165, 1.54) is 11.1 Å². The van der Waals surface area contributed by atoms with E-state index in [1.807, 2.05) is 19.9 Å². The third-order valence-electron chi connectivity index (χ3n) is 3.82. The normalized spacial score (nSPS) is 17.8. The summed E-state index contributed by atoms with van der Waals surface area (Å²) in [4.78, 5) is 4.30. The van der Waals surface area contributed by atoms with E-state index >= 15 is 0 Å². The van der Waals surface area contributed by atoms with E-state index < -0.39 is 0 Å². The molecule has 2 N–H and O–H groups in total. The van der Waals surface area contributed by atoms with Crippen molar-refractivity contribution in [3.8, 4) is 5.75 Å². The number of hydrogen-bond acceptors (Lipinski definition) is 5. The first-order valence-corrected chi connectivity index (χ1v) is 7.47. The SMILES string of the molecule is CC(C)c1nc(COc2ccc3c(c2)CCCC3N)no1. The summed E-state index contributed by atoms with van der Waals surface area (Å²) in [7, 11) is 0. The number of nitrogens with two attached hydrogens (primary N) is 1. The Morgan fingerprint density at radius 3 is 3.05 bits per heavy atom. The van der Waals surface area contributed by atoms with Gasteiger partial charge in [0, 0.05) is 12.0 Å². The van der Waals surface area contributed by atoms with Crippen LogP contribution in [0.4, 0.5) is 0 Å². The molecule has 0 spiro atoms. The summed E-state index contributed by atoms with van der Waals surface area (Å²) in [6.45, 7) is 4.36. The molecule has 5 heteroatoms. The number of aryl methyl sites for hydroxylation is 1. The van der Waals surface area contributed by atoms with Crippen molar-refractivity contribution in [2.45, 2.75) is 51.7 Å². The Morgan fingerprint density at radius 2 is 2.29 bits per heavy atom. The predicted octanol–water partition coefficient (Wildman–Crippen LogP) is 3.11. The van der Waals surface area contributed by atoms with Crippen molar-refractivity contribution in [3.63, 3.8) is 0 Å². The molecule has 0 fully saturated rings. The fourth-order valence-corrected chi connectivity index (χ4v) is 2.63. The molecular weight excluding hydrogens is 266 g/mol. The number of aromatic nitrogens is 2. The molecule has 21 heavy (non-hydrogen) atoms. The highest BCUT2D eigenvalue weighted by atomic mass is 16.5. The van der Waals surface area contributed by atoms with E-state index in [1.54, 1.807) is 0 Å². The Kier molecular flexibility index (Phi) is 3.92. The lowest BCUT2D eigenvalue weighted by Crippen LogP contribution is -2.17. The van der Waals surface area contributed by atoms with Crippen LogP contribution in [0.25, 0.3) is 0 Å². The van der Waals surface area contributed by atoms with E-state index in [0.717, 1.165) is 25.0 Å². The maximum absolute atomic E-state index is 6.12. The van der Waals surface area contributed by atoms with Crippen LogP contribution in [0.3, 0.4) is 0 Å². The molecule has 0 bridgehead atoms. The Labute approximate surface area is 124 Å². The Hall–Kier alpha value is -1.88. The third-order valence-corrected chi connectivity index (χ3v) is 3.82. The molecule has 0 aliphatic heterocycles. The zero-order chi connectivity index (χ0) is 14.8. The van der Waals surface area contributed by atoms with Gasteiger partial charge in [0.1, 0.15) is 5.75 Å². The van der Waals surface area contributed by atoms with Crippen LogP contribution in [-0.4, -0.2) is 10.1 Å². The van der Waals surface area contributed by atoms with Gasteiger partial charge in [-0.2, -0.15) is 4.98 Å². The van der Waals surface area contributed by atoms with Crippen LogP contribution in [0.5, 0.6) is 5.75 Å². The molecule has 0 radical (unpaired) electrons. The van der Waals surface area contributed by atoms with E-state index in [9.17, 15) is 0 Å². The highest BCUT2D eigenvalue weighted by molar-refractivity contribution is 5.38. The van der Waals surface area contributed by atoms with Crippen LogP contribution in [0.2, 0.25) is 0 Å². The number of benzene rings is 1. The largest absolute Gasteiger partial charge is 0.485 e. The molecule has 1 aromatic heterocycles. The minimum Gasteiger partial charge on any atom is -0.485 e. The zero-order valence-corrected chi connectivity index (χ0v) is 12.5. The molecule has 1 heterocycles. The van der Waals surface area contributed by atoms with Crippen molar-refractivity contribution >= 4 is 0 Å². The summed E-state index contributed by atoms with van der Waals surface area (Å²) < 4.78 is 10.9. The molecule has 0 saturated carbocycles. The summed E-state index contributed by atoms with van der Waals surface area (Å²) in [5.41, 5.74) is 8.66. The number of rotatable bonds is 4. The Balaban J connectivity index is 1.67. The lowest BCUT2D eigenvalue weighted by atomic mass is 9.88. The van der Waals surface area contributed by atoms with Gasteiger partial charge >= 0.3 is 0 Å². The quantitative estimate of drug-likeness (QED) is 0.935. The second-order valence-electron chi connectivity index (χ2n) is 5.85. The molecule has 1 aliphatic rings. The predicted molar refractivity (Wildman–Crippen MR) is 79.0 cm³/mol. The maximum Gasteiger partial charge on any atom is 0.229 e. The van der Waals surface area contributed by atoms with Gasteiger partial charge in [-0.25, -0.2) is 0 Å². The van der Waals surface area contributed by atoms with Crippen molar-refractivity contribution in [2.75, 3.05) is 0 Å². The van der Waals surface area contributed by atoms with Crippen LogP contribution in [0, 0.1) is 0 Å². The highest BCUT2D eigenvalue weighted by Gasteiger charge is 2.17. The van der Waals surface area contributed by atoms with Crippen LogP contribution in [-0.2, 0) is 13.0 Å². The maximum atomic E-state index is 6.12. The molecule has 1 aliphatic carbocycles. The summed E-state index contributed by atoms with van der Waals surface area (Å²) in [6.07, 6.45) is 3.27. The highest BCUT2D eigenvalue weighted by Crippen LogP contribution is 2.30. The van der Waals surface area contributed by atoms with Gasteiger partial charge < -0.3 is 15.0 Å². The molecule has 3 rings (SSSR count). The monoisotopic (exact) mass is 287 g/mol. The van der Waals surface area contributed by atoms with E-state index in [-0.39, 0.29) is 12.0 Å². The second-order valence-corrected chi connectivity index (χ2v) is 5.85. The lowest BCUT2D eigenvalue weighted by molar-refractivity contribution is 0.284. The second kappa shape index (κ2) is 5.85. The molecular formula is C16H21N3O2. The molecule has 112 valence electrons. The van der Waals surface area contributed by atoms with Crippen molar-refractivity contribution in [2.24, 2.45) is 5.73 Å². The smallest absolute Gasteiger partial charge is 0.229 e. The molecule has 1 aromatic carbocycles. The first kappa shape index (κ1) is 14.1. The van der Waals surface area contributed by atoms with Crippen LogP contribution in [0.15, 0.2) is 22.7 Å². The summed E-state index contributed by atoms with van der Waals surface area (Å²) >= 11 is 0. The summed E-state index contributed by atoms with van der Waals surface area (Å²) in [5.74, 6) is 2.29. The zero-order valence-electron chi connectivity index (χ0n) is 12.5. The summed E-state index contributed by atoms with van der Waals surface area (Å²) in [5, 5.41) is 3.92.